The molecule has 0 aromatic rings. The molecule has 6 heteroatoms. The molecule has 3 aliphatic rings. The molecule has 0 aromatic heterocycles. The van der Waals surface area contributed by atoms with Gasteiger partial charge in [0.25, 0.3) is 0 Å². The maximum atomic E-state index is 12.8. The molecule has 2 aliphatic heterocycles. The Balaban J connectivity index is 1.84. The molecule has 106 valence electrons. The lowest BCUT2D eigenvalue weighted by molar-refractivity contribution is -0.153. The highest BCUT2D eigenvalue weighted by Gasteiger charge is 2.52. The number of carbonyl (C=O) groups excluding carboxylic acids is 1. The molecule has 1 aliphatic carbocycles. The Morgan fingerprint density at radius 2 is 2.16 bits per heavy atom. The third-order valence-electron chi connectivity index (χ3n) is 4.46. The van der Waals surface area contributed by atoms with E-state index in [2.05, 4.69) is 5.32 Å². The predicted octanol–water partition coefficient (Wildman–Crippen LogP) is 0.751. The summed E-state index contributed by atoms with van der Waals surface area (Å²) in [4.78, 5) is 25.9. The normalized spacial score (nSPS) is 38.7. The number of carbonyl (C=O) groups is 2. The summed E-state index contributed by atoms with van der Waals surface area (Å²) in [5.41, 5.74) is -0.425. The highest BCUT2D eigenvalue weighted by molar-refractivity contribution is 8.00. The predicted molar refractivity (Wildman–Crippen MR) is 72.8 cm³/mol. The highest BCUT2D eigenvalue weighted by atomic mass is 32.2. The molecule has 0 aromatic carbocycles. The molecule has 3 rings (SSSR count). The Labute approximate surface area is 117 Å². The van der Waals surface area contributed by atoms with Crippen LogP contribution >= 0.6 is 11.8 Å². The Hall–Kier alpha value is -0.750. The van der Waals surface area contributed by atoms with Gasteiger partial charge in [-0.1, -0.05) is 0 Å². The van der Waals surface area contributed by atoms with E-state index in [4.69, 9.17) is 0 Å². The first kappa shape index (κ1) is 13.2. The third kappa shape index (κ3) is 2.25. The van der Waals surface area contributed by atoms with Crippen LogP contribution in [0.5, 0.6) is 0 Å². The third-order valence-corrected chi connectivity index (χ3v) is 5.93. The summed E-state index contributed by atoms with van der Waals surface area (Å²) in [5, 5.41) is 12.7. The van der Waals surface area contributed by atoms with Gasteiger partial charge < -0.3 is 15.3 Å². The van der Waals surface area contributed by atoms with Gasteiger partial charge in [0.2, 0.25) is 5.91 Å². The van der Waals surface area contributed by atoms with E-state index < -0.39 is 17.4 Å². The van der Waals surface area contributed by atoms with E-state index in [1.54, 1.807) is 16.7 Å². The van der Waals surface area contributed by atoms with Crippen LogP contribution in [0.2, 0.25) is 0 Å². The lowest BCUT2D eigenvalue weighted by Gasteiger charge is -2.34. The minimum absolute atomic E-state index is 0.0341. The maximum Gasteiger partial charge on any atom is 0.327 e. The van der Waals surface area contributed by atoms with Crippen LogP contribution in [0.4, 0.5) is 0 Å². The van der Waals surface area contributed by atoms with Crippen molar-refractivity contribution in [2.75, 3.05) is 18.8 Å². The lowest BCUT2D eigenvalue weighted by Crippen LogP contribution is -2.52. The van der Waals surface area contributed by atoms with Gasteiger partial charge in [-0.25, -0.2) is 4.79 Å². The molecular weight excluding hydrogens is 264 g/mol. The molecule has 2 heterocycles. The van der Waals surface area contributed by atoms with Gasteiger partial charge >= 0.3 is 5.97 Å². The summed E-state index contributed by atoms with van der Waals surface area (Å²) in [6, 6.07) is -0.638. The number of hydrogen-bond donors (Lipinski definition) is 2. The molecule has 2 N–H and O–H groups in total. The average molecular weight is 284 g/mol. The monoisotopic (exact) mass is 284 g/mol. The zero-order valence-electron chi connectivity index (χ0n) is 11.1. The van der Waals surface area contributed by atoms with Crippen molar-refractivity contribution in [1.29, 1.82) is 0 Å². The number of aliphatic carboxylic acids is 1. The topological polar surface area (TPSA) is 69.6 Å². The fraction of sp³-hybridized carbons (Fsp3) is 0.846. The molecule has 5 nitrogen and oxygen atoms in total. The Kier molecular flexibility index (Phi) is 3.25. The van der Waals surface area contributed by atoms with Crippen LogP contribution in [0.25, 0.3) is 0 Å². The number of nitrogens with zero attached hydrogens (tertiary/aromatic N) is 1. The van der Waals surface area contributed by atoms with E-state index in [-0.39, 0.29) is 11.3 Å². The highest BCUT2D eigenvalue weighted by Crippen LogP contribution is 2.47. The quantitative estimate of drug-likeness (QED) is 0.800. The Morgan fingerprint density at radius 3 is 2.68 bits per heavy atom. The molecule has 0 bridgehead atoms. The number of carboxylic acids is 1. The van der Waals surface area contributed by atoms with Crippen LogP contribution in [-0.2, 0) is 9.59 Å². The molecule has 1 amide bonds. The minimum atomic E-state index is -0.862. The van der Waals surface area contributed by atoms with Crippen LogP contribution in [0.15, 0.2) is 0 Å². The fourth-order valence-electron chi connectivity index (χ4n) is 3.03. The summed E-state index contributed by atoms with van der Waals surface area (Å²) in [6.45, 7) is 3.47. The Morgan fingerprint density at radius 1 is 1.42 bits per heavy atom. The minimum Gasteiger partial charge on any atom is -0.480 e. The first-order chi connectivity index (χ1) is 9.03. The van der Waals surface area contributed by atoms with Crippen LogP contribution in [-0.4, -0.2) is 52.1 Å². The molecule has 19 heavy (non-hydrogen) atoms. The fourth-order valence-corrected chi connectivity index (χ4v) is 4.66. The van der Waals surface area contributed by atoms with Crippen molar-refractivity contribution in [2.24, 2.45) is 11.3 Å². The lowest BCUT2D eigenvalue weighted by atomic mass is 9.87. The summed E-state index contributed by atoms with van der Waals surface area (Å²) >= 11 is 1.65. The van der Waals surface area contributed by atoms with Crippen molar-refractivity contribution >= 4 is 23.6 Å². The van der Waals surface area contributed by atoms with Crippen LogP contribution in [0, 0.1) is 11.3 Å². The van der Waals surface area contributed by atoms with Crippen molar-refractivity contribution in [2.45, 2.75) is 37.6 Å². The molecule has 0 spiro atoms. The first-order valence-corrected chi connectivity index (χ1v) is 7.96. The largest absolute Gasteiger partial charge is 0.480 e. The average Bonchev–Trinajstić information content (AvgIpc) is 2.96. The van der Waals surface area contributed by atoms with Gasteiger partial charge in [-0.15, -0.1) is 11.8 Å². The van der Waals surface area contributed by atoms with Gasteiger partial charge in [0, 0.05) is 12.3 Å². The Bertz CT molecular complexity index is 405. The molecule has 3 fully saturated rings. The zero-order chi connectivity index (χ0) is 13.6. The zero-order valence-corrected chi connectivity index (χ0v) is 11.9. The number of rotatable bonds is 3. The number of nitrogens with one attached hydrogen (secondary N) is 1. The van der Waals surface area contributed by atoms with Crippen molar-refractivity contribution in [3.63, 3.8) is 0 Å². The second-order valence-electron chi connectivity index (χ2n) is 6.12. The molecule has 1 saturated carbocycles. The second-order valence-corrected chi connectivity index (χ2v) is 7.26. The molecule has 2 saturated heterocycles. The SMILES string of the molecule is CC1(C(=O)N2C(C(=O)O)CSC2C2CC2)CCNC1. The summed E-state index contributed by atoms with van der Waals surface area (Å²) in [6.07, 6.45) is 3.06. The number of hydrogen-bond acceptors (Lipinski definition) is 4. The van der Waals surface area contributed by atoms with Crippen molar-refractivity contribution in [3.8, 4) is 0 Å². The van der Waals surface area contributed by atoms with Crippen LogP contribution in [0.3, 0.4) is 0 Å². The van der Waals surface area contributed by atoms with Gasteiger partial charge in [0.05, 0.1) is 10.8 Å². The molecule has 3 unspecified atom stereocenters. The van der Waals surface area contributed by atoms with Crippen LogP contribution < -0.4 is 5.32 Å². The van der Waals surface area contributed by atoms with E-state index in [1.165, 1.54) is 0 Å². The van der Waals surface area contributed by atoms with Gasteiger partial charge in [-0.2, -0.15) is 0 Å². The van der Waals surface area contributed by atoms with Gasteiger partial charge in [0.15, 0.2) is 0 Å². The smallest absolute Gasteiger partial charge is 0.327 e. The summed E-state index contributed by atoms with van der Waals surface area (Å²) in [5.74, 6) is 0.216. The van der Waals surface area contributed by atoms with E-state index in [1.807, 2.05) is 6.92 Å². The van der Waals surface area contributed by atoms with E-state index in [9.17, 15) is 14.7 Å². The van der Waals surface area contributed by atoms with Gasteiger partial charge in [0.1, 0.15) is 6.04 Å². The van der Waals surface area contributed by atoms with Crippen molar-refractivity contribution < 1.29 is 14.7 Å². The maximum absolute atomic E-state index is 12.8. The molecular formula is C13H20N2O3S. The standard InChI is InChI=1S/C13H20N2O3S/c1-13(4-5-14-7-13)12(18)15-9(11(16)17)6-19-10(15)8-2-3-8/h8-10,14H,2-7H2,1H3,(H,16,17). The van der Waals surface area contributed by atoms with E-state index in [0.717, 1.165) is 25.8 Å². The summed E-state index contributed by atoms with van der Waals surface area (Å²) < 4.78 is 0. The van der Waals surface area contributed by atoms with E-state index in [0.29, 0.717) is 18.2 Å². The van der Waals surface area contributed by atoms with Gasteiger partial charge in [-0.05, 0) is 38.6 Å². The molecule has 0 radical (unpaired) electrons. The van der Waals surface area contributed by atoms with E-state index >= 15 is 0 Å². The van der Waals surface area contributed by atoms with Crippen molar-refractivity contribution in [1.82, 2.24) is 10.2 Å². The number of thioether (sulfide) groups is 1. The number of amides is 1. The first-order valence-electron chi connectivity index (χ1n) is 6.91. The number of carboxylic acid groups (broad SMARTS) is 1. The molecule has 3 atom stereocenters. The second kappa shape index (κ2) is 4.66. The van der Waals surface area contributed by atoms with Crippen molar-refractivity contribution in [3.05, 3.63) is 0 Å². The summed E-state index contributed by atoms with van der Waals surface area (Å²) in [7, 11) is 0. The van der Waals surface area contributed by atoms with Gasteiger partial charge in [-0.3, -0.25) is 4.79 Å². The van der Waals surface area contributed by atoms with Crippen LogP contribution in [0.1, 0.15) is 26.2 Å².